The maximum atomic E-state index is 5.52. The van der Waals surface area contributed by atoms with Gasteiger partial charge in [0.1, 0.15) is 0 Å². The largest absolute Gasteiger partial charge is 0.370 e. The molecular formula is C10H16N4. The van der Waals surface area contributed by atoms with E-state index in [2.05, 4.69) is 28.3 Å². The van der Waals surface area contributed by atoms with Crippen molar-refractivity contribution in [1.29, 1.82) is 0 Å². The topological polar surface area (TPSA) is 63.3 Å². The molecule has 1 aromatic rings. The Balaban J connectivity index is 2.66. The summed E-state index contributed by atoms with van der Waals surface area (Å²) in [6.45, 7) is 2.74. The second kappa shape index (κ2) is 5.21. The van der Waals surface area contributed by atoms with E-state index in [0.717, 1.165) is 12.1 Å². The Morgan fingerprint density at radius 3 is 3.07 bits per heavy atom. The molecule has 14 heavy (non-hydrogen) atoms. The van der Waals surface area contributed by atoms with E-state index >= 15 is 0 Å². The van der Waals surface area contributed by atoms with Gasteiger partial charge < -0.3 is 11.1 Å². The third kappa shape index (κ3) is 2.73. The van der Waals surface area contributed by atoms with Crippen molar-refractivity contribution in [3.63, 3.8) is 0 Å². The van der Waals surface area contributed by atoms with E-state index in [0.29, 0.717) is 12.5 Å². The number of nitrogens with two attached hydrogens (primary N) is 1. The van der Waals surface area contributed by atoms with Gasteiger partial charge in [0.25, 0.3) is 0 Å². The number of aliphatic imine (C=N–C) groups is 1. The minimum atomic E-state index is 0.442. The molecular weight excluding hydrogens is 176 g/mol. The summed E-state index contributed by atoms with van der Waals surface area (Å²) in [6, 6.07) is 4.02. The average molecular weight is 192 g/mol. The molecule has 0 aliphatic rings. The second-order valence-corrected chi connectivity index (χ2v) is 2.93. The number of hydrogen-bond acceptors (Lipinski definition) is 2. The predicted molar refractivity (Wildman–Crippen MR) is 58.0 cm³/mol. The molecule has 0 radical (unpaired) electrons. The first-order chi connectivity index (χ1) is 6.77. The van der Waals surface area contributed by atoms with Crippen molar-refractivity contribution in [2.24, 2.45) is 10.7 Å². The highest BCUT2D eigenvalue weighted by Gasteiger charge is 2.00. The fraction of sp³-hybridized carbons (Fsp3) is 0.400. The van der Waals surface area contributed by atoms with E-state index in [-0.39, 0.29) is 0 Å². The summed E-state index contributed by atoms with van der Waals surface area (Å²) in [4.78, 5) is 8.10. The molecule has 1 heterocycles. The molecule has 0 bridgehead atoms. The molecule has 0 amide bonds. The quantitative estimate of drug-likeness (QED) is 0.546. The van der Waals surface area contributed by atoms with Crippen molar-refractivity contribution < 1.29 is 0 Å². The number of guanidine groups is 1. The fourth-order valence-electron chi connectivity index (χ4n) is 1.21. The molecule has 3 N–H and O–H groups in total. The lowest BCUT2D eigenvalue weighted by atomic mass is 10.1. The van der Waals surface area contributed by atoms with Crippen molar-refractivity contribution in [3.8, 4) is 0 Å². The Bertz CT molecular complexity index is 320. The van der Waals surface area contributed by atoms with Gasteiger partial charge in [0.05, 0.1) is 12.2 Å². The summed E-state index contributed by atoms with van der Waals surface area (Å²) in [7, 11) is 1.65. The Labute approximate surface area is 84.3 Å². The van der Waals surface area contributed by atoms with Crippen LogP contribution in [0.3, 0.4) is 0 Å². The Morgan fingerprint density at radius 2 is 2.43 bits per heavy atom. The minimum Gasteiger partial charge on any atom is -0.370 e. The Hall–Kier alpha value is -1.58. The molecule has 0 aliphatic carbocycles. The van der Waals surface area contributed by atoms with Crippen molar-refractivity contribution >= 4 is 5.96 Å². The monoisotopic (exact) mass is 192 g/mol. The van der Waals surface area contributed by atoms with Gasteiger partial charge in [-0.05, 0) is 18.1 Å². The van der Waals surface area contributed by atoms with Gasteiger partial charge in [-0.3, -0.25) is 9.98 Å². The normalized spacial score (nSPS) is 11.4. The molecule has 0 aromatic carbocycles. The molecule has 0 saturated carbocycles. The Morgan fingerprint density at radius 1 is 1.64 bits per heavy atom. The van der Waals surface area contributed by atoms with Crippen LogP contribution < -0.4 is 11.1 Å². The smallest absolute Gasteiger partial charge is 0.188 e. The number of rotatable bonds is 3. The SMILES string of the molecule is CCc1cccnc1CNC(N)=NC. The van der Waals surface area contributed by atoms with Gasteiger partial charge in [-0.2, -0.15) is 0 Å². The third-order valence-electron chi connectivity index (χ3n) is 2.04. The van der Waals surface area contributed by atoms with E-state index in [1.165, 1.54) is 5.56 Å². The number of aryl methyl sites for hydroxylation is 1. The first-order valence-electron chi connectivity index (χ1n) is 4.66. The number of hydrogen-bond donors (Lipinski definition) is 2. The van der Waals surface area contributed by atoms with Crippen molar-refractivity contribution in [2.75, 3.05) is 7.05 Å². The number of aromatic nitrogens is 1. The fourth-order valence-corrected chi connectivity index (χ4v) is 1.21. The molecule has 76 valence electrons. The van der Waals surface area contributed by atoms with Crippen LogP contribution >= 0.6 is 0 Å². The van der Waals surface area contributed by atoms with Crippen LogP contribution in [0.2, 0.25) is 0 Å². The molecule has 0 fully saturated rings. The van der Waals surface area contributed by atoms with Gasteiger partial charge in [-0.25, -0.2) is 0 Å². The molecule has 0 spiro atoms. The molecule has 0 unspecified atom stereocenters. The van der Waals surface area contributed by atoms with Crippen molar-refractivity contribution in [2.45, 2.75) is 19.9 Å². The van der Waals surface area contributed by atoms with E-state index < -0.39 is 0 Å². The van der Waals surface area contributed by atoms with Gasteiger partial charge in [0.2, 0.25) is 0 Å². The zero-order valence-corrected chi connectivity index (χ0v) is 8.62. The lowest BCUT2D eigenvalue weighted by Crippen LogP contribution is -2.31. The summed E-state index contributed by atoms with van der Waals surface area (Å²) in [6.07, 6.45) is 2.77. The maximum absolute atomic E-state index is 5.52. The molecule has 4 heteroatoms. The van der Waals surface area contributed by atoms with Gasteiger partial charge in [0.15, 0.2) is 5.96 Å². The van der Waals surface area contributed by atoms with Gasteiger partial charge in [-0.15, -0.1) is 0 Å². The zero-order valence-electron chi connectivity index (χ0n) is 8.62. The summed E-state index contributed by atoms with van der Waals surface area (Å²) in [5.41, 5.74) is 7.79. The predicted octanol–water partition coefficient (Wildman–Crippen LogP) is 0.678. The van der Waals surface area contributed by atoms with Crippen molar-refractivity contribution in [3.05, 3.63) is 29.6 Å². The van der Waals surface area contributed by atoms with E-state index in [4.69, 9.17) is 5.73 Å². The van der Waals surface area contributed by atoms with Gasteiger partial charge in [-0.1, -0.05) is 13.0 Å². The lowest BCUT2D eigenvalue weighted by Gasteiger charge is -2.07. The summed E-state index contributed by atoms with van der Waals surface area (Å²) >= 11 is 0. The number of nitrogens with one attached hydrogen (secondary N) is 1. The molecule has 0 aliphatic heterocycles. The van der Waals surface area contributed by atoms with E-state index in [9.17, 15) is 0 Å². The zero-order chi connectivity index (χ0) is 10.4. The van der Waals surface area contributed by atoms with Crippen LogP contribution in [0.1, 0.15) is 18.2 Å². The summed E-state index contributed by atoms with van der Waals surface area (Å²) < 4.78 is 0. The molecule has 4 nitrogen and oxygen atoms in total. The first-order valence-corrected chi connectivity index (χ1v) is 4.66. The van der Waals surface area contributed by atoms with Crippen LogP contribution in [0, 0.1) is 0 Å². The highest BCUT2D eigenvalue weighted by Crippen LogP contribution is 2.05. The van der Waals surface area contributed by atoms with Crippen LogP contribution in [-0.4, -0.2) is 18.0 Å². The van der Waals surface area contributed by atoms with Crippen LogP contribution in [0.25, 0.3) is 0 Å². The van der Waals surface area contributed by atoms with Gasteiger partial charge in [0, 0.05) is 13.2 Å². The van der Waals surface area contributed by atoms with Gasteiger partial charge >= 0.3 is 0 Å². The number of nitrogens with zero attached hydrogens (tertiary/aromatic N) is 2. The summed E-state index contributed by atoms with van der Waals surface area (Å²) in [5, 5.41) is 2.99. The number of pyridine rings is 1. The standard InChI is InChI=1S/C10H16N4/c1-3-8-5-4-6-13-9(8)7-14-10(11)12-2/h4-6H,3,7H2,1-2H3,(H3,11,12,14). The van der Waals surface area contributed by atoms with E-state index in [1.807, 2.05) is 6.07 Å². The lowest BCUT2D eigenvalue weighted by molar-refractivity contribution is 0.840. The highest BCUT2D eigenvalue weighted by molar-refractivity contribution is 5.77. The Kier molecular flexibility index (Phi) is 3.91. The molecule has 0 atom stereocenters. The highest BCUT2D eigenvalue weighted by atomic mass is 15.1. The molecule has 0 saturated heterocycles. The van der Waals surface area contributed by atoms with Crippen molar-refractivity contribution in [1.82, 2.24) is 10.3 Å². The molecule has 1 aromatic heterocycles. The first kappa shape index (κ1) is 10.5. The second-order valence-electron chi connectivity index (χ2n) is 2.93. The van der Waals surface area contributed by atoms with E-state index in [1.54, 1.807) is 13.2 Å². The molecule has 1 rings (SSSR count). The average Bonchev–Trinajstić information content (AvgIpc) is 2.26. The van der Waals surface area contributed by atoms with Crippen LogP contribution in [0.5, 0.6) is 0 Å². The van der Waals surface area contributed by atoms with Crippen LogP contribution in [0.15, 0.2) is 23.3 Å². The van der Waals surface area contributed by atoms with Crippen LogP contribution in [-0.2, 0) is 13.0 Å². The minimum absolute atomic E-state index is 0.442. The third-order valence-corrected chi connectivity index (χ3v) is 2.04. The summed E-state index contributed by atoms with van der Waals surface area (Å²) in [5.74, 6) is 0.442. The van der Waals surface area contributed by atoms with Crippen LogP contribution in [0.4, 0.5) is 0 Å². The maximum Gasteiger partial charge on any atom is 0.188 e.